The first-order valence-electron chi connectivity index (χ1n) is 5.44. The number of carbonyl (C=O) groups is 1. The number of aromatic nitrogens is 4. The fraction of sp³-hybridized carbons (Fsp3) is 0.273. The number of pyridine rings is 1. The third-order valence-corrected chi connectivity index (χ3v) is 2.29. The molecule has 2 aromatic heterocycles. The molecule has 0 aliphatic carbocycles. The number of carboxylic acid groups (broad SMARTS) is 1. The van der Waals surface area contributed by atoms with Crippen molar-refractivity contribution in [3.63, 3.8) is 0 Å². The lowest BCUT2D eigenvalue weighted by Gasteiger charge is -2.14. The van der Waals surface area contributed by atoms with Gasteiger partial charge < -0.3 is 10.4 Å². The Morgan fingerprint density at radius 3 is 3.06 bits per heavy atom. The molecule has 0 spiro atoms. The molecule has 0 radical (unpaired) electrons. The maximum Gasteiger partial charge on any atom is 0.354 e. The van der Waals surface area contributed by atoms with Crippen LogP contribution in [0.1, 0.15) is 17.4 Å². The summed E-state index contributed by atoms with van der Waals surface area (Å²) in [6, 6.07) is 4.89. The first-order chi connectivity index (χ1) is 8.65. The van der Waals surface area contributed by atoms with Crippen LogP contribution in [0.5, 0.6) is 0 Å². The van der Waals surface area contributed by atoms with Gasteiger partial charge in [0.05, 0.1) is 6.54 Å². The first kappa shape index (κ1) is 12.0. The predicted molar refractivity (Wildman–Crippen MR) is 64.3 cm³/mol. The van der Waals surface area contributed by atoms with Gasteiger partial charge in [-0.1, -0.05) is 6.07 Å². The number of carboxylic acids is 1. The topological polar surface area (TPSA) is 92.9 Å². The molecule has 0 amide bonds. The van der Waals surface area contributed by atoms with E-state index < -0.39 is 5.97 Å². The Hall–Kier alpha value is -2.44. The SMILES string of the molecule is CC(Cn1cncn1)Nc1cccc(C(=O)O)n1. The molecule has 0 aliphatic heterocycles. The first-order valence-corrected chi connectivity index (χ1v) is 5.44. The van der Waals surface area contributed by atoms with Crippen LogP contribution in [0.2, 0.25) is 0 Å². The molecule has 0 bridgehead atoms. The summed E-state index contributed by atoms with van der Waals surface area (Å²) in [7, 11) is 0. The van der Waals surface area contributed by atoms with Gasteiger partial charge in [0, 0.05) is 6.04 Å². The highest BCUT2D eigenvalue weighted by Gasteiger charge is 2.08. The molecule has 2 N–H and O–H groups in total. The number of hydrogen-bond acceptors (Lipinski definition) is 5. The highest BCUT2D eigenvalue weighted by Crippen LogP contribution is 2.07. The molecule has 0 aromatic carbocycles. The van der Waals surface area contributed by atoms with E-state index in [1.807, 2.05) is 6.92 Å². The van der Waals surface area contributed by atoms with Gasteiger partial charge in [0.25, 0.3) is 0 Å². The quantitative estimate of drug-likeness (QED) is 0.814. The Balaban J connectivity index is 2.00. The third kappa shape index (κ3) is 3.03. The molecule has 0 aliphatic rings. The zero-order chi connectivity index (χ0) is 13.0. The van der Waals surface area contributed by atoms with Crippen molar-refractivity contribution in [1.29, 1.82) is 0 Å². The van der Waals surface area contributed by atoms with Gasteiger partial charge >= 0.3 is 5.97 Å². The largest absolute Gasteiger partial charge is 0.477 e. The van der Waals surface area contributed by atoms with Gasteiger partial charge in [0.1, 0.15) is 18.5 Å². The average molecular weight is 247 g/mol. The molecule has 0 saturated heterocycles. The van der Waals surface area contributed by atoms with Crippen LogP contribution in [0.15, 0.2) is 30.9 Å². The smallest absolute Gasteiger partial charge is 0.354 e. The van der Waals surface area contributed by atoms with E-state index in [0.717, 1.165) is 0 Å². The number of nitrogens with zero attached hydrogens (tertiary/aromatic N) is 4. The molecular weight excluding hydrogens is 234 g/mol. The van der Waals surface area contributed by atoms with Crippen LogP contribution in [0.25, 0.3) is 0 Å². The van der Waals surface area contributed by atoms with Crippen LogP contribution >= 0.6 is 0 Å². The zero-order valence-electron chi connectivity index (χ0n) is 9.82. The fourth-order valence-electron chi connectivity index (χ4n) is 1.54. The van der Waals surface area contributed by atoms with Crippen LogP contribution in [0.4, 0.5) is 5.82 Å². The number of hydrogen-bond donors (Lipinski definition) is 2. The summed E-state index contributed by atoms with van der Waals surface area (Å²) < 4.78 is 1.69. The number of aromatic carboxylic acids is 1. The van der Waals surface area contributed by atoms with Gasteiger partial charge in [0.15, 0.2) is 5.69 Å². The summed E-state index contributed by atoms with van der Waals surface area (Å²) in [6.07, 6.45) is 3.09. The Bertz CT molecular complexity index is 526. The normalized spacial score (nSPS) is 12.1. The van der Waals surface area contributed by atoms with Crippen molar-refractivity contribution in [3.8, 4) is 0 Å². The highest BCUT2D eigenvalue weighted by molar-refractivity contribution is 5.85. The van der Waals surface area contributed by atoms with E-state index in [1.54, 1.807) is 23.1 Å². The number of nitrogens with one attached hydrogen (secondary N) is 1. The second-order valence-electron chi connectivity index (χ2n) is 3.88. The second kappa shape index (κ2) is 5.26. The predicted octanol–water partition coefficient (Wildman–Crippen LogP) is 0.872. The molecule has 2 heterocycles. The van der Waals surface area contributed by atoms with Crippen LogP contribution in [-0.2, 0) is 6.54 Å². The molecule has 7 heteroatoms. The molecular formula is C11H13N5O2. The van der Waals surface area contributed by atoms with Crippen LogP contribution in [0.3, 0.4) is 0 Å². The summed E-state index contributed by atoms with van der Waals surface area (Å²) in [6.45, 7) is 2.58. The lowest BCUT2D eigenvalue weighted by molar-refractivity contribution is 0.0690. The zero-order valence-corrected chi connectivity index (χ0v) is 9.82. The Morgan fingerprint density at radius 1 is 1.56 bits per heavy atom. The van der Waals surface area contributed by atoms with Crippen LogP contribution in [0, 0.1) is 0 Å². The second-order valence-corrected chi connectivity index (χ2v) is 3.88. The van der Waals surface area contributed by atoms with E-state index in [4.69, 9.17) is 5.11 Å². The van der Waals surface area contributed by atoms with Gasteiger partial charge in [-0.15, -0.1) is 0 Å². The molecule has 1 atom stereocenters. The van der Waals surface area contributed by atoms with E-state index in [0.29, 0.717) is 12.4 Å². The van der Waals surface area contributed by atoms with Crippen molar-refractivity contribution in [2.45, 2.75) is 19.5 Å². The van der Waals surface area contributed by atoms with Gasteiger partial charge in [-0.05, 0) is 19.1 Å². The molecule has 2 rings (SSSR count). The van der Waals surface area contributed by atoms with E-state index in [9.17, 15) is 4.79 Å². The van der Waals surface area contributed by atoms with Crippen molar-refractivity contribution in [3.05, 3.63) is 36.5 Å². The molecule has 1 unspecified atom stereocenters. The summed E-state index contributed by atoms with van der Waals surface area (Å²) >= 11 is 0. The minimum atomic E-state index is -1.04. The Morgan fingerprint density at radius 2 is 2.39 bits per heavy atom. The van der Waals surface area contributed by atoms with Gasteiger partial charge in [-0.3, -0.25) is 4.68 Å². The van der Waals surface area contributed by atoms with Gasteiger partial charge in [-0.25, -0.2) is 14.8 Å². The molecule has 0 fully saturated rings. The van der Waals surface area contributed by atoms with E-state index in [1.165, 1.54) is 12.4 Å². The van der Waals surface area contributed by atoms with E-state index in [-0.39, 0.29) is 11.7 Å². The van der Waals surface area contributed by atoms with Crippen LogP contribution < -0.4 is 5.32 Å². The monoisotopic (exact) mass is 247 g/mol. The minimum absolute atomic E-state index is 0.0213. The maximum absolute atomic E-state index is 10.8. The summed E-state index contributed by atoms with van der Waals surface area (Å²) in [4.78, 5) is 18.6. The van der Waals surface area contributed by atoms with Gasteiger partial charge in [-0.2, -0.15) is 5.10 Å². The molecule has 0 saturated carbocycles. The van der Waals surface area contributed by atoms with Crippen molar-refractivity contribution >= 4 is 11.8 Å². The van der Waals surface area contributed by atoms with Crippen LogP contribution in [-0.4, -0.2) is 36.9 Å². The van der Waals surface area contributed by atoms with E-state index in [2.05, 4.69) is 20.4 Å². The minimum Gasteiger partial charge on any atom is -0.477 e. The van der Waals surface area contributed by atoms with Crippen molar-refractivity contribution in [2.24, 2.45) is 0 Å². The summed E-state index contributed by atoms with van der Waals surface area (Å²) in [5.74, 6) is -0.509. The molecule has 94 valence electrons. The maximum atomic E-state index is 10.8. The average Bonchev–Trinajstić information content (AvgIpc) is 2.82. The molecule has 18 heavy (non-hydrogen) atoms. The molecule has 7 nitrogen and oxygen atoms in total. The fourth-order valence-corrected chi connectivity index (χ4v) is 1.54. The molecule has 2 aromatic rings. The van der Waals surface area contributed by atoms with Crippen molar-refractivity contribution < 1.29 is 9.90 Å². The lowest BCUT2D eigenvalue weighted by Crippen LogP contribution is -2.23. The van der Waals surface area contributed by atoms with Gasteiger partial charge in [0.2, 0.25) is 0 Å². The number of anilines is 1. The summed E-state index contributed by atoms with van der Waals surface area (Å²) in [5.41, 5.74) is 0.0213. The number of rotatable bonds is 5. The standard InChI is InChI=1S/C11H13N5O2/c1-8(5-16-7-12-6-13-16)14-10-4-2-3-9(15-10)11(17)18/h2-4,6-8H,5H2,1H3,(H,14,15)(H,17,18). The third-order valence-electron chi connectivity index (χ3n) is 2.29. The van der Waals surface area contributed by atoms with E-state index >= 15 is 0 Å². The summed E-state index contributed by atoms with van der Waals surface area (Å²) in [5, 5.41) is 15.9. The van der Waals surface area contributed by atoms with Crippen molar-refractivity contribution in [1.82, 2.24) is 19.7 Å². The Labute approximate surface area is 104 Å². The highest BCUT2D eigenvalue weighted by atomic mass is 16.4. The Kier molecular flexibility index (Phi) is 3.52. The lowest BCUT2D eigenvalue weighted by atomic mass is 10.3. The van der Waals surface area contributed by atoms with Crippen molar-refractivity contribution in [2.75, 3.05) is 5.32 Å².